The average Bonchev–Trinajstić information content (AvgIpc) is 2.88. The van der Waals surface area contributed by atoms with Gasteiger partial charge in [0.1, 0.15) is 11.0 Å². The summed E-state index contributed by atoms with van der Waals surface area (Å²) in [5.74, 6) is 0.0368. The fourth-order valence-electron chi connectivity index (χ4n) is 3.02. The summed E-state index contributed by atoms with van der Waals surface area (Å²) < 4.78 is 0. The highest BCUT2D eigenvalue weighted by Crippen LogP contribution is 2.40. The number of rotatable bonds is 2. The minimum Gasteiger partial charge on any atom is -0.274 e. The molecule has 1 aromatic heterocycles. The number of nitrogens with zero attached hydrogens (tertiary/aromatic N) is 3. The molecule has 1 aromatic rings. The van der Waals surface area contributed by atoms with Crippen LogP contribution in [0.5, 0.6) is 0 Å². The van der Waals surface area contributed by atoms with E-state index in [2.05, 4.69) is 9.97 Å². The highest BCUT2D eigenvalue weighted by molar-refractivity contribution is 6.29. The van der Waals surface area contributed by atoms with Gasteiger partial charge in [-0.3, -0.25) is 14.5 Å². The molecule has 2 unspecified atom stereocenters. The minimum atomic E-state index is -0.118. The summed E-state index contributed by atoms with van der Waals surface area (Å²) in [7, 11) is 0. The number of hydrogen-bond acceptors (Lipinski definition) is 4. The molecular formula is C13H14ClN3O2. The number of aromatic nitrogens is 2. The molecule has 2 fully saturated rings. The molecule has 1 saturated carbocycles. The molecule has 3 rings (SSSR count). The third-order valence-electron chi connectivity index (χ3n) is 3.85. The maximum absolute atomic E-state index is 12.2. The predicted octanol–water partition coefficient (Wildman–Crippen LogP) is 1.72. The molecule has 0 bridgehead atoms. The Kier molecular flexibility index (Phi) is 3.01. The zero-order valence-electron chi connectivity index (χ0n) is 10.6. The second-order valence-electron chi connectivity index (χ2n) is 5.15. The van der Waals surface area contributed by atoms with Crippen LogP contribution in [0, 0.1) is 18.8 Å². The number of likely N-dealkylation sites (tertiary alicyclic amines) is 1. The van der Waals surface area contributed by atoms with Gasteiger partial charge in [-0.1, -0.05) is 18.0 Å². The smallest absolute Gasteiger partial charge is 0.233 e. The van der Waals surface area contributed by atoms with E-state index in [0.29, 0.717) is 11.0 Å². The molecule has 2 heterocycles. The van der Waals surface area contributed by atoms with Crippen LogP contribution in [0.15, 0.2) is 6.07 Å². The molecule has 6 heteroatoms. The molecule has 2 amide bonds. The molecule has 0 radical (unpaired) electrons. The Balaban J connectivity index is 1.83. The number of hydrogen-bond donors (Lipinski definition) is 0. The van der Waals surface area contributed by atoms with Crippen molar-refractivity contribution in [1.82, 2.24) is 14.9 Å². The predicted molar refractivity (Wildman–Crippen MR) is 68.2 cm³/mol. The molecule has 0 spiro atoms. The zero-order valence-corrected chi connectivity index (χ0v) is 11.4. The van der Waals surface area contributed by atoms with Crippen molar-refractivity contribution in [1.29, 1.82) is 0 Å². The van der Waals surface area contributed by atoms with Crippen LogP contribution in [0.3, 0.4) is 0 Å². The molecule has 1 aliphatic carbocycles. The van der Waals surface area contributed by atoms with Crippen molar-refractivity contribution in [2.75, 3.05) is 0 Å². The summed E-state index contributed by atoms with van der Waals surface area (Å²) in [5, 5.41) is 0.335. The Morgan fingerprint density at radius 2 is 1.89 bits per heavy atom. The van der Waals surface area contributed by atoms with E-state index in [0.717, 1.165) is 25.0 Å². The lowest BCUT2D eigenvalue weighted by Gasteiger charge is -2.15. The lowest BCUT2D eigenvalue weighted by Crippen LogP contribution is -2.32. The van der Waals surface area contributed by atoms with E-state index in [1.165, 1.54) is 4.90 Å². The summed E-state index contributed by atoms with van der Waals surface area (Å²) in [6, 6.07) is 1.65. The largest absolute Gasteiger partial charge is 0.274 e. The van der Waals surface area contributed by atoms with Crippen LogP contribution in [0.4, 0.5) is 0 Å². The highest BCUT2D eigenvalue weighted by atomic mass is 35.5. The van der Waals surface area contributed by atoms with Gasteiger partial charge >= 0.3 is 0 Å². The fourth-order valence-corrected chi connectivity index (χ4v) is 3.27. The van der Waals surface area contributed by atoms with Crippen molar-refractivity contribution in [2.24, 2.45) is 11.8 Å². The number of amides is 2. The minimum absolute atomic E-state index is 0.0753. The second kappa shape index (κ2) is 4.56. The number of carbonyl (C=O) groups excluding carboxylic acids is 2. The maximum Gasteiger partial charge on any atom is 0.233 e. The van der Waals surface area contributed by atoms with Crippen molar-refractivity contribution in [3.8, 4) is 0 Å². The van der Waals surface area contributed by atoms with Crippen LogP contribution >= 0.6 is 11.6 Å². The third kappa shape index (κ3) is 2.12. The number of halogens is 1. The number of fused-ring (bicyclic) bond motifs is 1. The second-order valence-corrected chi connectivity index (χ2v) is 5.54. The molecule has 1 aliphatic heterocycles. The lowest BCUT2D eigenvalue weighted by atomic mass is 10.00. The monoisotopic (exact) mass is 279 g/mol. The van der Waals surface area contributed by atoms with Gasteiger partial charge in [0, 0.05) is 5.69 Å². The van der Waals surface area contributed by atoms with Crippen LogP contribution < -0.4 is 0 Å². The summed E-state index contributed by atoms with van der Waals surface area (Å²) in [6.07, 6.45) is 2.61. The Morgan fingerprint density at radius 1 is 1.26 bits per heavy atom. The van der Waals surface area contributed by atoms with E-state index in [1.807, 2.05) is 0 Å². The molecular weight excluding hydrogens is 266 g/mol. The van der Waals surface area contributed by atoms with Gasteiger partial charge in [-0.15, -0.1) is 0 Å². The van der Waals surface area contributed by atoms with Crippen molar-refractivity contribution in [3.05, 3.63) is 22.7 Å². The van der Waals surface area contributed by atoms with Crippen molar-refractivity contribution < 1.29 is 9.59 Å². The maximum atomic E-state index is 12.2. The number of aryl methyl sites for hydroxylation is 1. The van der Waals surface area contributed by atoms with E-state index in [4.69, 9.17) is 11.6 Å². The van der Waals surface area contributed by atoms with Gasteiger partial charge in [-0.05, 0) is 25.8 Å². The molecule has 2 atom stereocenters. The summed E-state index contributed by atoms with van der Waals surface area (Å²) >= 11 is 5.86. The van der Waals surface area contributed by atoms with Crippen molar-refractivity contribution >= 4 is 23.4 Å². The van der Waals surface area contributed by atoms with E-state index >= 15 is 0 Å². The van der Waals surface area contributed by atoms with Gasteiger partial charge in [0.15, 0.2) is 0 Å². The van der Waals surface area contributed by atoms with Crippen molar-refractivity contribution in [3.63, 3.8) is 0 Å². The van der Waals surface area contributed by atoms with Gasteiger partial charge in [0.2, 0.25) is 11.8 Å². The highest BCUT2D eigenvalue weighted by Gasteiger charge is 2.49. The fraction of sp³-hybridized carbons (Fsp3) is 0.538. The SMILES string of the molecule is Cc1cc(Cl)nc(CN2C(=O)C3CCCC3C2=O)n1. The number of imide groups is 1. The molecule has 19 heavy (non-hydrogen) atoms. The molecule has 0 N–H and O–H groups in total. The first kappa shape index (κ1) is 12.5. The van der Waals surface area contributed by atoms with Gasteiger partial charge in [0.05, 0.1) is 18.4 Å². The summed E-state index contributed by atoms with van der Waals surface area (Å²) in [4.78, 5) is 34.0. The summed E-state index contributed by atoms with van der Waals surface area (Å²) in [5.41, 5.74) is 0.731. The Hall–Kier alpha value is -1.49. The normalized spacial score (nSPS) is 26.1. The molecule has 100 valence electrons. The van der Waals surface area contributed by atoms with E-state index in [9.17, 15) is 9.59 Å². The quantitative estimate of drug-likeness (QED) is 0.611. The van der Waals surface area contributed by atoms with Crippen LogP contribution in [-0.4, -0.2) is 26.7 Å². The number of carbonyl (C=O) groups is 2. The van der Waals surface area contributed by atoms with Gasteiger partial charge in [-0.2, -0.15) is 0 Å². The topological polar surface area (TPSA) is 63.2 Å². The molecule has 2 aliphatic rings. The van der Waals surface area contributed by atoms with Gasteiger partial charge in [-0.25, -0.2) is 9.97 Å². The molecule has 5 nitrogen and oxygen atoms in total. The molecule has 1 saturated heterocycles. The van der Waals surface area contributed by atoms with Crippen LogP contribution in [0.25, 0.3) is 0 Å². The van der Waals surface area contributed by atoms with Gasteiger partial charge in [0.25, 0.3) is 0 Å². The standard InChI is InChI=1S/C13H14ClN3O2/c1-7-5-10(14)16-11(15-7)6-17-12(18)8-3-2-4-9(8)13(17)19/h5,8-9H,2-4,6H2,1H3. The van der Waals surface area contributed by atoms with Gasteiger partial charge < -0.3 is 0 Å². The van der Waals surface area contributed by atoms with E-state index in [-0.39, 0.29) is 30.2 Å². The Bertz CT molecular complexity index is 519. The van der Waals surface area contributed by atoms with Crippen LogP contribution in [0.2, 0.25) is 5.15 Å². The lowest BCUT2D eigenvalue weighted by molar-refractivity contribution is -0.141. The first-order valence-corrected chi connectivity index (χ1v) is 6.79. The van der Waals surface area contributed by atoms with Crippen LogP contribution in [0.1, 0.15) is 30.8 Å². The zero-order chi connectivity index (χ0) is 13.6. The Morgan fingerprint density at radius 3 is 2.47 bits per heavy atom. The first-order chi connectivity index (χ1) is 9.06. The first-order valence-electron chi connectivity index (χ1n) is 6.41. The summed E-state index contributed by atoms with van der Waals surface area (Å²) in [6.45, 7) is 1.94. The van der Waals surface area contributed by atoms with E-state index < -0.39 is 0 Å². The molecule has 0 aromatic carbocycles. The van der Waals surface area contributed by atoms with Crippen molar-refractivity contribution in [2.45, 2.75) is 32.7 Å². The van der Waals surface area contributed by atoms with E-state index in [1.54, 1.807) is 13.0 Å². The Labute approximate surface area is 116 Å². The third-order valence-corrected chi connectivity index (χ3v) is 4.04. The average molecular weight is 280 g/mol. The van der Waals surface area contributed by atoms with Crippen LogP contribution in [-0.2, 0) is 16.1 Å².